The van der Waals surface area contributed by atoms with Crippen molar-refractivity contribution < 1.29 is 18.0 Å². The summed E-state index contributed by atoms with van der Waals surface area (Å²) in [5.74, 6) is 1.14. The molecule has 0 radical (unpaired) electrons. The first-order valence-electron chi connectivity index (χ1n) is 10.3. The predicted molar refractivity (Wildman–Crippen MR) is 122 cm³/mol. The summed E-state index contributed by atoms with van der Waals surface area (Å²) < 4.78 is 37.9. The summed E-state index contributed by atoms with van der Waals surface area (Å²) in [6.45, 7) is 2.02. The van der Waals surface area contributed by atoms with Crippen LogP contribution >= 0.6 is 24.0 Å². The first-order chi connectivity index (χ1) is 13.9. The molecule has 9 heteroatoms. The highest BCUT2D eigenvalue weighted by Gasteiger charge is 2.32. The summed E-state index contributed by atoms with van der Waals surface area (Å²) >= 11 is 0. The molecule has 0 aromatic heterocycles. The molecule has 3 rings (SSSR count). The van der Waals surface area contributed by atoms with Crippen molar-refractivity contribution in [2.45, 2.75) is 50.7 Å². The Morgan fingerprint density at radius 3 is 2.43 bits per heavy atom. The van der Waals surface area contributed by atoms with Crippen LogP contribution in [0.15, 0.2) is 29.3 Å². The highest BCUT2D eigenvalue weighted by Crippen LogP contribution is 2.29. The molecule has 2 fully saturated rings. The maximum absolute atomic E-state index is 12.6. The molecule has 1 heterocycles. The minimum absolute atomic E-state index is 0. The number of hydrogen-bond acceptors (Lipinski definition) is 2. The van der Waals surface area contributed by atoms with Gasteiger partial charge in [0.2, 0.25) is 5.91 Å². The molecule has 1 unspecified atom stereocenters. The minimum Gasteiger partial charge on any atom is -0.356 e. The largest absolute Gasteiger partial charge is 0.416 e. The van der Waals surface area contributed by atoms with E-state index in [9.17, 15) is 18.0 Å². The smallest absolute Gasteiger partial charge is 0.356 e. The Labute approximate surface area is 192 Å². The first kappa shape index (κ1) is 24.7. The average Bonchev–Trinajstić information content (AvgIpc) is 3.38. The maximum atomic E-state index is 12.6. The van der Waals surface area contributed by atoms with Gasteiger partial charge in [-0.05, 0) is 43.4 Å². The van der Waals surface area contributed by atoms with Gasteiger partial charge in [-0.25, -0.2) is 0 Å². The normalized spacial score (nSPS) is 20.2. The second-order valence-electron chi connectivity index (χ2n) is 7.84. The monoisotopic (exact) mass is 538 g/mol. The van der Waals surface area contributed by atoms with Crippen molar-refractivity contribution in [1.82, 2.24) is 15.5 Å². The number of benzene rings is 1. The number of halogens is 4. The Hall–Kier alpha value is -1.52. The van der Waals surface area contributed by atoms with Gasteiger partial charge in [-0.3, -0.25) is 9.79 Å². The summed E-state index contributed by atoms with van der Waals surface area (Å²) in [7, 11) is 1.68. The van der Waals surface area contributed by atoms with Gasteiger partial charge in [-0.2, -0.15) is 13.2 Å². The molecule has 168 valence electrons. The van der Waals surface area contributed by atoms with Gasteiger partial charge < -0.3 is 15.5 Å². The topological polar surface area (TPSA) is 56.7 Å². The minimum atomic E-state index is -4.31. The number of nitrogens with one attached hydrogen (secondary N) is 2. The molecule has 30 heavy (non-hydrogen) atoms. The molecule has 1 saturated heterocycles. The zero-order chi connectivity index (χ0) is 20.9. The number of rotatable bonds is 5. The van der Waals surface area contributed by atoms with Gasteiger partial charge in [0.25, 0.3) is 0 Å². The van der Waals surface area contributed by atoms with Crippen molar-refractivity contribution in [2.24, 2.45) is 10.9 Å². The molecule has 1 aromatic carbocycles. The maximum Gasteiger partial charge on any atom is 0.416 e. The quantitative estimate of drug-likeness (QED) is 0.341. The Morgan fingerprint density at radius 1 is 1.17 bits per heavy atom. The third-order valence-corrected chi connectivity index (χ3v) is 5.76. The van der Waals surface area contributed by atoms with Crippen LogP contribution in [0.5, 0.6) is 0 Å². The molecular weight excluding hydrogens is 508 g/mol. The van der Waals surface area contributed by atoms with Crippen molar-refractivity contribution in [3.8, 4) is 0 Å². The molecule has 1 aliphatic carbocycles. The third kappa shape index (κ3) is 6.75. The van der Waals surface area contributed by atoms with E-state index < -0.39 is 11.7 Å². The molecule has 1 atom stereocenters. The Balaban J connectivity index is 0.00000320. The van der Waals surface area contributed by atoms with Crippen LogP contribution in [0.3, 0.4) is 0 Å². The van der Waals surface area contributed by atoms with E-state index in [-0.39, 0.29) is 41.8 Å². The van der Waals surface area contributed by atoms with Crippen molar-refractivity contribution in [1.29, 1.82) is 0 Å². The van der Waals surface area contributed by atoms with Crippen molar-refractivity contribution in [3.63, 3.8) is 0 Å². The van der Waals surface area contributed by atoms with Gasteiger partial charge in [0.1, 0.15) is 0 Å². The Kier molecular flexibility index (Phi) is 9.24. The third-order valence-electron chi connectivity index (χ3n) is 5.76. The summed E-state index contributed by atoms with van der Waals surface area (Å²) in [6.07, 6.45) is 1.51. The molecule has 2 N–H and O–H groups in total. The first-order valence-corrected chi connectivity index (χ1v) is 10.3. The molecule has 0 bridgehead atoms. The number of amides is 1. The van der Waals surface area contributed by atoms with Crippen LogP contribution in [0, 0.1) is 5.92 Å². The summed E-state index contributed by atoms with van der Waals surface area (Å²) in [6, 6.07) is 5.39. The highest BCUT2D eigenvalue weighted by atomic mass is 127. The van der Waals surface area contributed by atoms with Crippen molar-refractivity contribution in [2.75, 3.05) is 26.7 Å². The zero-order valence-corrected chi connectivity index (χ0v) is 19.5. The fourth-order valence-corrected chi connectivity index (χ4v) is 4.08. The standard InChI is InChI=1S/C21H29F3N4O.HI/c1-25-20(26-12-10-15-6-8-17(9-7-15)21(22,23)24)27-18-11-13-28(14-18)19(29)16-4-2-3-5-16;/h6-9,16,18H,2-5,10-14H2,1H3,(H2,25,26,27);1H. The van der Waals surface area contributed by atoms with Crippen LogP contribution in [0.25, 0.3) is 0 Å². The van der Waals surface area contributed by atoms with Crippen LogP contribution in [0.1, 0.15) is 43.2 Å². The summed E-state index contributed by atoms with van der Waals surface area (Å²) in [5, 5.41) is 6.55. The molecule has 0 spiro atoms. The number of likely N-dealkylation sites (tertiary alicyclic amines) is 1. The number of carbonyl (C=O) groups excluding carboxylic acids is 1. The predicted octanol–water partition coefficient (Wildman–Crippen LogP) is 3.82. The Morgan fingerprint density at radius 2 is 1.83 bits per heavy atom. The summed E-state index contributed by atoms with van der Waals surface area (Å²) in [4.78, 5) is 18.7. The SMILES string of the molecule is CN=C(NCCc1ccc(C(F)(F)F)cc1)NC1CCN(C(=O)C2CCCC2)C1.I. The average molecular weight is 538 g/mol. The second kappa shape index (κ2) is 11.2. The Bertz CT molecular complexity index is 718. The molecule has 1 aliphatic heterocycles. The van der Waals surface area contributed by atoms with Gasteiger partial charge in [0.15, 0.2) is 5.96 Å². The molecular formula is C21H30F3IN4O. The molecule has 1 saturated carbocycles. The van der Waals surface area contributed by atoms with E-state index in [1.54, 1.807) is 7.05 Å². The van der Waals surface area contributed by atoms with E-state index in [1.165, 1.54) is 12.1 Å². The zero-order valence-electron chi connectivity index (χ0n) is 17.2. The summed E-state index contributed by atoms with van der Waals surface area (Å²) in [5.41, 5.74) is 0.194. The molecule has 1 aromatic rings. The molecule has 5 nitrogen and oxygen atoms in total. The molecule has 2 aliphatic rings. The number of carbonyl (C=O) groups is 1. The lowest BCUT2D eigenvalue weighted by molar-refractivity contribution is -0.137. The van der Waals surface area contributed by atoms with Crippen LogP contribution in [0.2, 0.25) is 0 Å². The number of nitrogens with zero attached hydrogens (tertiary/aromatic N) is 2. The number of aliphatic imine (C=N–C) groups is 1. The van der Waals surface area contributed by atoms with E-state index in [4.69, 9.17) is 0 Å². The lowest BCUT2D eigenvalue weighted by Gasteiger charge is -2.21. The fourth-order valence-electron chi connectivity index (χ4n) is 4.08. The van der Waals surface area contributed by atoms with Gasteiger partial charge in [0, 0.05) is 38.6 Å². The molecule has 1 amide bonds. The van der Waals surface area contributed by atoms with E-state index in [1.807, 2.05) is 4.90 Å². The lowest BCUT2D eigenvalue weighted by Crippen LogP contribution is -2.45. The van der Waals surface area contributed by atoms with Crippen LogP contribution < -0.4 is 10.6 Å². The van der Waals surface area contributed by atoms with Gasteiger partial charge in [-0.1, -0.05) is 25.0 Å². The fraction of sp³-hybridized carbons (Fsp3) is 0.619. The second-order valence-corrected chi connectivity index (χ2v) is 7.84. The van der Waals surface area contributed by atoms with Crippen LogP contribution in [-0.4, -0.2) is 49.5 Å². The van der Waals surface area contributed by atoms with Crippen molar-refractivity contribution in [3.05, 3.63) is 35.4 Å². The number of hydrogen-bond donors (Lipinski definition) is 2. The van der Waals surface area contributed by atoms with Gasteiger partial charge in [0.05, 0.1) is 5.56 Å². The van der Waals surface area contributed by atoms with E-state index in [0.29, 0.717) is 25.5 Å². The highest BCUT2D eigenvalue weighted by molar-refractivity contribution is 14.0. The van der Waals surface area contributed by atoms with Gasteiger partial charge in [-0.15, -0.1) is 24.0 Å². The van der Waals surface area contributed by atoms with E-state index in [0.717, 1.165) is 56.3 Å². The number of guanidine groups is 1. The van der Waals surface area contributed by atoms with Crippen LogP contribution in [0.4, 0.5) is 13.2 Å². The van der Waals surface area contributed by atoms with Crippen LogP contribution in [-0.2, 0) is 17.4 Å². The lowest BCUT2D eigenvalue weighted by atomic mass is 10.1. The van der Waals surface area contributed by atoms with E-state index in [2.05, 4.69) is 15.6 Å². The van der Waals surface area contributed by atoms with Gasteiger partial charge >= 0.3 is 6.18 Å². The van der Waals surface area contributed by atoms with E-state index >= 15 is 0 Å². The number of alkyl halides is 3. The van der Waals surface area contributed by atoms with Crippen molar-refractivity contribution >= 4 is 35.8 Å².